The molecule has 0 unspecified atom stereocenters. The summed E-state index contributed by atoms with van der Waals surface area (Å²) in [6, 6.07) is 15.4. The summed E-state index contributed by atoms with van der Waals surface area (Å²) < 4.78 is 19.2. The van der Waals surface area contributed by atoms with Gasteiger partial charge in [-0.05, 0) is 60.9 Å². The fourth-order valence-corrected chi connectivity index (χ4v) is 4.39. The van der Waals surface area contributed by atoms with Gasteiger partial charge >= 0.3 is 0 Å². The van der Waals surface area contributed by atoms with E-state index in [1.54, 1.807) is 29.3 Å². The van der Waals surface area contributed by atoms with Crippen LogP contribution in [-0.2, 0) is 6.42 Å². The molecule has 0 aliphatic carbocycles. The van der Waals surface area contributed by atoms with E-state index in [1.807, 2.05) is 24.3 Å². The molecule has 0 radical (unpaired) electrons. The number of carbonyl (C=O) groups is 1. The highest BCUT2D eigenvalue weighted by Gasteiger charge is 2.29. The Morgan fingerprint density at radius 1 is 1.21 bits per heavy atom. The van der Waals surface area contributed by atoms with Gasteiger partial charge in [0.15, 0.2) is 5.89 Å². The third-order valence-electron chi connectivity index (χ3n) is 5.84. The van der Waals surface area contributed by atoms with Crippen LogP contribution < -0.4 is 0 Å². The van der Waals surface area contributed by atoms with Gasteiger partial charge in [0.25, 0.3) is 5.91 Å². The topological polar surface area (TPSA) is 75.0 Å². The molecule has 1 saturated heterocycles. The molecule has 2 aromatic carbocycles. The number of halogens is 2. The molecule has 3 heterocycles. The molecule has 1 amide bonds. The number of benzene rings is 2. The Hall–Kier alpha value is -3.45. The van der Waals surface area contributed by atoms with E-state index < -0.39 is 0 Å². The average molecular weight is 465 g/mol. The minimum Gasteiger partial charge on any atom is -0.445 e. The molecule has 33 heavy (non-hydrogen) atoms. The number of oxazole rings is 1. The number of nitrogens with one attached hydrogen (secondary N) is 1. The molecule has 2 aromatic heterocycles. The number of nitrogens with zero attached hydrogens (tertiary/aromatic N) is 3. The van der Waals surface area contributed by atoms with Crippen molar-refractivity contribution in [2.24, 2.45) is 0 Å². The van der Waals surface area contributed by atoms with Crippen molar-refractivity contribution in [1.82, 2.24) is 20.1 Å². The Bertz CT molecular complexity index is 1270. The molecule has 1 atom stereocenters. The standard InChI is InChI=1S/C25H22ClFN4O2/c26-19-5-1-3-16(11-19)12-21-14-28-24(33-21)18-4-2-10-31(15-18)25(32)23-13-22(29-30-23)17-6-8-20(27)9-7-17/h1,3,5-9,11,13-14,18H,2,4,10,12,15H2,(H,29,30)/t18-/m0/s1. The second-order valence-corrected chi connectivity index (χ2v) is 8.67. The van der Waals surface area contributed by atoms with Gasteiger partial charge in [0.05, 0.1) is 17.8 Å². The molecule has 0 spiro atoms. The third kappa shape index (κ3) is 4.83. The summed E-state index contributed by atoms with van der Waals surface area (Å²) >= 11 is 6.07. The average Bonchev–Trinajstić information content (AvgIpc) is 3.50. The maximum absolute atomic E-state index is 13.2. The summed E-state index contributed by atoms with van der Waals surface area (Å²) in [4.78, 5) is 19.4. The number of carbonyl (C=O) groups excluding carboxylic acids is 1. The van der Waals surface area contributed by atoms with Gasteiger partial charge in [-0.3, -0.25) is 9.89 Å². The normalized spacial score (nSPS) is 16.2. The zero-order valence-corrected chi connectivity index (χ0v) is 18.6. The van der Waals surface area contributed by atoms with Crippen molar-refractivity contribution in [3.63, 3.8) is 0 Å². The smallest absolute Gasteiger partial charge is 0.271 e. The molecule has 0 saturated carbocycles. The Morgan fingerprint density at radius 2 is 2.06 bits per heavy atom. The van der Waals surface area contributed by atoms with Crippen LogP contribution in [0.1, 0.15) is 46.5 Å². The molecule has 0 bridgehead atoms. The Labute approximate surface area is 195 Å². The van der Waals surface area contributed by atoms with Gasteiger partial charge in [0, 0.05) is 30.1 Å². The number of aromatic amines is 1. The van der Waals surface area contributed by atoms with Crippen LogP contribution in [0.2, 0.25) is 5.02 Å². The molecule has 1 aliphatic heterocycles. The Morgan fingerprint density at radius 3 is 2.88 bits per heavy atom. The first kappa shape index (κ1) is 21.4. The Kier molecular flexibility index (Phi) is 5.96. The fraction of sp³-hybridized carbons (Fsp3) is 0.240. The summed E-state index contributed by atoms with van der Waals surface area (Å²) in [5, 5.41) is 7.73. The number of amides is 1. The van der Waals surface area contributed by atoms with Crippen LogP contribution >= 0.6 is 11.6 Å². The van der Waals surface area contributed by atoms with Gasteiger partial charge in [-0.25, -0.2) is 9.37 Å². The summed E-state index contributed by atoms with van der Waals surface area (Å²) in [6.07, 6.45) is 4.14. The highest BCUT2D eigenvalue weighted by atomic mass is 35.5. The second-order valence-electron chi connectivity index (χ2n) is 8.24. The van der Waals surface area contributed by atoms with E-state index in [1.165, 1.54) is 12.1 Å². The number of hydrogen-bond donors (Lipinski definition) is 1. The van der Waals surface area contributed by atoms with Crippen LogP contribution in [0.5, 0.6) is 0 Å². The first-order valence-electron chi connectivity index (χ1n) is 10.8. The van der Waals surface area contributed by atoms with Gasteiger partial charge in [0.2, 0.25) is 0 Å². The highest BCUT2D eigenvalue weighted by Crippen LogP contribution is 2.28. The van der Waals surface area contributed by atoms with Crippen LogP contribution in [0.15, 0.2) is 65.2 Å². The largest absolute Gasteiger partial charge is 0.445 e. The minimum absolute atomic E-state index is 0.0373. The van der Waals surface area contributed by atoms with Crippen molar-refractivity contribution < 1.29 is 13.6 Å². The van der Waals surface area contributed by atoms with E-state index >= 15 is 0 Å². The van der Waals surface area contributed by atoms with Crippen LogP contribution in [-0.4, -0.2) is 39.1 Å². The van der Waals surface area contributed by atoms with Crippen molar-refractivity contribution >= 4 is 17.5 Å². The number of rotatable bonds is 5. The predicted octanol–water partition coefficient (Wildman–Crippen LogP) is 5.47. The van der Waals surface area contributed by atoms with Crippen molar-refractivity contribution in [3.05, 3.63) is 94.5 Å². The van der Waals surface area contributed by atoms with E-state index in [4.69, 9.17) is 16.0 Å². The van der Waals surface area contributed by atoms with Crippen molar-refractivity contribution in [1.29, 1.82) is 0 Å². The molecule has 5 rings (SSSR count). The van der Waals surface area contributed by atoms with Crippen LogP contribution in [0, 0.1) is 5.82 Å². The lowest BCUT2D eigenvalue weighted by molar-refractivity contribution is 0.0692. The molecule has 168 valence electrons. The Balaban J connectivity index is 1.26. The van der Waals surface area contributed by atoms with Crippen molar-refractivity contribution in [2.75, 3.05) is 13.1 Å². The van der Waals surface area contributed by atoms with E-state index in [-0.39, 0.29) is 17.6 Å². The quantitative estimate of drug-likeness (QED) is 0.425. The number of H-pyrrole nitrogens is 1. The SMILES string of the molecule is O=C(c1cc(-c2ccc(F)cc2)n[nH]1)N1CCC[C@H](c2ncc(Cc3cccc(Cl)c3)o2)C1. The predicted molar refractivity (Wildman–Crippen MR) is 123 cm³/mol. The van der Waals surface area contributed by atoms with E-state index in [2.05, 4.69) is 15.2 Å². The van der Waals surface area contributed by atoms with E-state index in [9.17, 15) is 9.18 Å². The van der Waals surface area contributed by atoms with Crippen molar-refractivity contribution in [2.45, 2.75) is 25.2 Å². The maximum Gasteiger partial charge on any atom is 0.271 e. The lowest BCUT2D eigenvalue weighted by Crippen LogP contribution is -2.39. The molecule has 1 N–H and O–H groups in total. The number of hydrogen-bond acceptors (Lipinski definition) is 4. The molecule has 4 aromatic rings. The molecule has 1 fully saturated rings. The monoisotopic (exact) mass is 464 g/mol. The van der Waals surface area contributed by atoms with Gasteiger partial charge in [-0.2, -0.15) is 5.10 Å². The van der Waals surface area contributed by atoms with Crippen LogP contribution in [0.3, 0.4) is 0 Å². The number of likely N-dealkylation sites (tertiary alicyclic amines) is 1. The van der Waals surface area contributed by atoms with Gasteiger partial charge in [0.1, 0.15) is 17.3 Å². The summed E-state index contributed by atoms with van der Waals surface area (Å²) in [7, 11) is 0. The lowest BCUT2D eigenvalue weighted by Gasteiger charge is -2.30. The van der Waals surface area contributed by atoms with Gasteiger partial charge in [-0.1, -0.05) is 23.7 Å². The summed E-state index contributed by atoms with van der Waals surface area (Å²) in [6.45, 7) is 1.19. The summed E-state index contributed by atoms with van der Waals surface area (Å²) in [5.41, 5.74) is 2.81. The lowest BCUT2D eigenvalue weighted by atomic mass is 9.97. The zero-order valence-electron chi connectivity index (χ0n) is 17.8. The van der Waals surface area contributed by atoms with Crippen LogP contribution in [0.4, 0.5) is 4.39 Å². The zero-order chi connectivity index (χ0) is 22.8. The van der Waals surface area contributed by atoms with Gasteiger partial charge < -0.3 is 9.32 Å². The first-order chi connectivity index (χ1) is 16.0. The molecular formula is C25H22ClFN4O2. The minimum atomic E-state index is -0.313. The van der Waals surface area contributed by atoms with Crippen molar-refractivity contribution in [3.8, 4) is 11.3 Å². The highest BCUT2D eigenvalue weighted by molar-refractivity contribution is 6.30. The van der Waals surface area contributed by atoms with E-state index in [0.717, 1.165) is 29.7 Å². The summed E-state index contributed by atoms with van der Waals surface area (Å²) in [5.74, 6) is 1.03. The number of aromatic nitrogens is 3. The maximum atomic E-state index is 13.2. The second kappa shape index (κ2) is 9.19. The van der Waals surface area contributed by atoms with E-state index in [0.29, 0.717) is 41.8 Å². The molecule has 8 heteroatoms. The fourth-order valence-electron chi connectivity index (χ4n) is 4.17. The molecule has 6 nitrogen and oxygen atoms in total. The number of piperidine rings is 1. The third-order valence-corrected chi connectivity index (χ3v) is 6.08. The first-order valence-corrected chi connectivity index (χ1v) is 11.2. The van der Waals surface area contributed by atoms with Crippen LogP contribution in [0.25, 0.3) is 11.3 Å². The molecule has 1 aliphatic rings. The van der Waals surface area contributed by atoms with Gasteiger partial charge in [-0.15, -0.1) is 0 Å². The molecular weight excluding hydrogens is 443 g/mol.